The van der Waals surface area contributed by atoms with Crippen LogP contribution in [0.15, 0.2) is 18.2 Å². The first-order valence-corrected chi connectivity index (χ1v) is 8.82. The number of amides is 3. The highest BCUT2D eigenvalue weighted by Gasteiger charge is 2.23. The Balaban J connectivity index is 1.82. The molecular weight excluding hydrogens is 336 g/mol. The van der Waals surface area contributed by atoms with Crippen molar-refractivity contribution in [3.63, 3.8) is 0 Å². The van der Waals surface area contributed by atoms with E-state index in [0.29, 0.717) is 11.7 Å². The number of rotatable bonds is 5. The van der Waals surface area contributed by atoms with E-state index in [1.165, 1.54) is 7.11 Å². The van der Waals surface area contributed by atoms with Crippen LogP contribution in [0.25, 0.3) is 0 Å². The van der Waals surface area contributed by atoms with Crippen molar-refractivity contribution in [3.05, 3.63) is 29.3 Å². The highest BCUT2D eigenvalue weighted by atomic mass is 16.5. The molecule has 0 radical (unpaired) electrons. The first-order chi connectivity index (χ1) is 12.4. The van der Waals surface area contributed by atoms with E-state index in [1.54, 1.807) is 18.2 Å². The normalized spacial score (nSPS) is 19.3. The molecular formula is C19H26N2O5. The molecule has 0 aliphatic heterocycles. The fraction of sp³-hybridized carbons (Fsp3) is 0.526. The van der Waals surface area contributed by atoms with E-state index in [4.69, 9.17) is 9.47 Å². The van der Waals surface area contributed by atoms with Gasteiger partial charge >= 0.3 is 12.0 Å². The summed E-state index contributed by atoms with van der Waals surface area (Å²) in [5.74, 6) is -0.603. The van der Waals surface area contributed by atoms with Gasteiger partial charge in [0.1, 0.15) is 11.3 Å². The van der Waals surface area contributed by atoms with E-state index < -0.39 is 24.5 Å². The average Bonchev–Trinajstić information content (AvgIpc) is 2.61. The van der Waals surface area contributed by atoms with Gasteiger partial charge in [-0.1, -0.05) is 31.4 Å². The smallest absolute Gasteiger partial charge is 0.342 e. The van der Waals surface area contributed by atoms with Crippen LogP contribution in [-0.2, 0) is 9.53 Å². The summed E-state index contributed by atoms with van der Waals surface area (Å²) in [5.41, 5.74) is 1.10. The molecule has 1 aliphatic carbocycles. The van der Waals surface area contributed by atoms with Crippen molar-refractivity contribution in [3.8, 4) is 5.75 Å². The van der Waals surface area contributed by atoms with E-state index in [9.17, 15) is 14.4 Å². The molecule has 1 aromatic rings. The van der Waals surface area contributed by atoms with Gasteiger partial charge in [0.2, 0.25) is 0 Å². The van der Waals surface area contributed by atoms with Crippen LogP contribution < -0.4 is 15.4 Å². The molecule has 0 bridgehead atoms. The Morgan fingerprint density at radius 3 is 2.62 bits per heavy atom. The highest BCUT2D eigenvalue weighted by molar-refractivity contribution is 5.98. The lowest BCUT2D eigenvalue weighted by Crippen LogP contribution is -2.48. The molecule has 0 spiro atoms. The number of urea groups is 1. The molecule has 1 fully saturated rings. The zero-order chi connectivity index (χ0) is 19.1. The Morgan fingerprint density at radius 2 is 1.92 bits per heavy atom. The minimum Gasteiger partial charge on any atom is -0.496 e. The van der Waals surface area contributed by atoms with Crippen molar-refractivity contribution in [2.45, 2.75) is 45.6 Å². The van der Waals surface area contributed by atoms with Gasteiger partial charge in [0.25, 0.3) is 5.91 Å². The number of nitrogens with one attached hydrogen (secondary N) is 2. The van der Waals surface area contributed by atoms with Crippen LogP contribution in [0.5, 0.6) is 5.75 Å². The van der Waals surface area contributed by atoms with Gasteiger partial charge in [-0.3, -0.25) is 10.1 Å². The minimum absolute atomic E-state index is 0.0654. The highest BCUT2D eigenvalue weighted by Crippen LogP contribution is 2.23. The fourth-order valence-electron chi connectivity index (χ4n) is 3.09. The van der Waals surface area contributed by atoms with Crippen molar-refractivity contribution >= 4 is 17.9 Å². The third-order valence-electron chi connectivity index (χ3n) is 4.59. The minimum atomic E-state index is -0.679. The molecule has 7 heteroatoms. The molecule has 0 aromatic heterocycles. The molecule has 3 amide bonds. The van der Waals surface area contributed by atoms with Crippen LogP contribution in [0.4, 0.5) is 4.79 Å². The molecule has 0 unspecified atom stereocenters. The number of methoxy groups -OCH3 is 1. The molecule has 1 aromatic carbocycles. The van der Waals surface area contributed by atoms with Crippen molar-refractivity contribution < 1.29 is 23.9 Å². The first kappa shape index (κ1) is 19.8. The molecule has 1 aliphatic rings. The second kappa shape index (κ2) is 9.22. The number of aryl methyl sites for hydroxylation is 1. The Morgan fingerprint density at radius 1 is 1.19 bits per heavy atom. The Kier molecular flexibility index (Phi) is 7.00. The average molecular weight is 362 g/mol. The maximum absolute atomic E-state index is 12.1. The van der Waals surface area contributed by atoms with Gasteiger partial charge in [0, 0.05) is 6.04 Å². The van der Waals surface area contributed by atoms with Crippen LogP contribution >= 0.6 is 0 Å². The summed E-state index contributed by atoms with van der Waals surface area (Å²) in [6.07, 6.45) is 4.21. The lowest BCUT2D eigenvalue weighted by Gasteiger charge is -2.29. The number of imide groups is 1. The molecule has 0 heterocycles. The van der Waals surface area contributed by atoms with Crippen LogP contribution in [0, 0.1) is 12.8 Å². The molecule has 2 N–H and O–H groups in total. The van der Waals surface area contributed by atoms with Crippen molar-refractivity contribution in [2.75, 3.05) is 13.7 Å². The van der Waals surface area contributed by atoms with E-state index in [0.717, 1.165) is 31.2 Å². The summed E-state index contributed by atoms with van der Waals surface area (Å²) in [6.45, 7) is 3.38. The van der Waals surface area contributed by atoms with Gasteiger partial charge < -0.3 is 14.8 Å². The second-order valence-corrected chi connectivity index (χ2v) is 6.67. The standard InChI is InChI=1S/C19H26N2O5/c1-12-8-9-16(25-3)14(10-12)18(23)26-11-17(22)21-19(24)20-15-7-5-4-6-13(15)2/h8-10,13,15H,4-7,11H2,1-3H3,(H2,20,21,22,24)/t13-,15+/m0/s1. The molecule has 26 heavy (non-hydrogen) atoms. The molecule has 2 atom stereocenters. The van der Waals surface area contributed by atoms with Gasteiger partial charge in [-0.2, -0.15) is 0 Å². The van der Waals surface area contributed by atoms with Crippen molar-refractivity contribution in [2.24, 2.45) is 5.92 Å². The van der Waals surface area contributed by atoms with Crippen LogP contribution in [0.1, 0.15) is 48.5 Å². The zero-order valence-corrected chi connectivity index (χ0v) is 15.5. The summed E-state index contributed by atoms with van der Waals surface area (Å²) < 4.78 is 10.1. The summed E-state index contributed by atoms with van der Waals surface area (Å²) in [7, 11) is 1.45. The maximum Gasteiger partial charge on any atom is 0.342 e. The lowest BCUT2D eigenvalue weighted by atomic mass is 9.86. The molecule has 0 saturated heterocycles. The maximum atomic E-state index is 12.1. The first-order valence-electron chi connectivity index (χ1n) is 8.82. The second-order valence-electron chi connectivity index (χ2n) is 6.67. The van der Waals surface area contributed by atoms with E-state index >= 15 is 0 Å². The summed E-state index contributed by atoms with van der Waals surface area (Å²) in [4.78, 5) is 35.9. The van der Waals surface area contributed by atoms with Gasteiger partial charge in [0.15, 0.2) is 6.61 Å². The molecule has 7 nitrogen and oxygen atoms in total. The third kappa shape index (κ3) is 5.47. The van der Waals surface area contributed by atoms with Gasteiger partial charge in [-0.15, -0.1) is 0 Å². The van der Waals surface area contributed by atoms with E-state index in [1.807, 2.05) is 6.92 Å². The van der Waals surface area contributed by atoms with Crippen LogP contribution in [0.2, 0.25) is 0 Å². The van der Waals surface area contributed by atoms with Gasteiger partial charge in [0.05, 0.1) is 7.11 Å². The number of esters is 1. The summed E-state index contributed by atoms with van der Waals surface area (Å²) in [6, 6.07) is 4.59. The number of carbonyl (C=O) groups is 3. The predicted octanol–water partition coefficient (Wildman–Crippen LogP) is 2.56. The Hall–Kier alpha value is -2.57. The summed E-state index contributed by atoms with van der Waals surface area (Å²) in [5, 5.41) is 5.01. The largest absolute Gasteiger partial charge is 0.496 e. The molecule has 142 valence electrons. The predicted molar refractivity (Wildman–Crippen MR) is 96.1 cm³/mol. The number of benzene rings is 1. The number of hydrogen-bond acceptors (Lipinski definition) is 5. The molecule has 1 saturated carbocycles. The van der Waals surface area contributed by atoms with Crippen LogP contribution in [0.3, 0.4) is 0 Å². The van der Waals surface area contributed by atoms with Crippen molar-refractivity contribution in [1.29, 1.82) is 0 Å². The monoisotopic (exact) mass is 362 g/mol. The van der Waals surface area contributed by atoms with E-state index in [-0.39, 0.29) is 11.6 Å². The quantitative estimate of drug-likeness (QED) is 0.785. The number of carbonyl (C=O) groups excluding carboxylic acids is 3. The fourth-order valence-corrected chi connectivity index (χ4v) is 3.09. The number of ether oxygens (including phenoxy) is 2. The Bertz CT molecular complexity index is 674. The summed E-state index contributed by atoms with van der Waals surface area (Å²) >= 11 is 0. The van der Waals surface area contributed by atoms with Gasteiger partial charge in [-0.05, 0) is 37.8 Å². The zero-order valence-electron chi connectivity index (χ0n) is 15.5. The lowest BCUT2D eigenvalue weighted by molar-refractivity contribution is -0.123. The topological polar surface area (TPSA) is 93.7 Å². The van der Waals surface area contributed by atoms with E-state index in [2.05, 4.69) is 17.6 Å². The van der Waals surface area contributed by atoms with Crippen molar-refractivity contribution in [1.82, 2.24) is 10.6 Å². The Labute approximate surface area is 153 Å². The van der Waals surface area contributed by atoms with Crippen LogP contribution in [-0.4, -0.2) is 37.7 Å². The SMILES string of the molecule is COc1ccc(C)cc1C(=O)OCC(=O)NC(=O)N[C@@H]1CCCC[C@@H]1C. The third-order valence-corrected chi connectivity index (χ3v) is 4.59. The number of hydrogen-bond donors (Lipinski definition) is 2. The molecule has 2 rings (SSSR count). The van der Waals surface area contributed by atoms with Gasteiger partial charge in [-0.25, -0.2) is 9.59 Å².